The molecule has 0 atom stereocenters. The first kappa shape index (κ1) is 15.9. The van der Waals surface area contributed by atoms with Gasteiger partial charge in [0.2, 0.25) is 0 Å². The second kappa shape index (κ2) is 8.07. The van der Waals surface area contributed by atoms with Gasteiger partial charge in [-0.15, -0.1) is 0 Å². The first-order chi connectivity index (χ1) is 10.3. The molecule has 1 N–H and O–H groups in total. The van der Waals surface area contributed by atoms with E-state index >= 15 is 0 Å². The number of halogens is 1. The van der Waals surface area contributed by atoms with Crippen LogP contribution >= 0.6 is 11.6 Å². The molecule has 0 aliphatic carbocycles. The van der Waals surface area contributed by atoms with Crippen LogP contribution in [0.5, 0.6) is 0 Å². The molecule has 0 amide bonds. The van der Waals surface area contributed by atoms with E-state index in [1.807, 2.05) is 12.1 Å². The van der Waals surface area contributed by atoms with Gasteiger partial charge in [-0.3, -0.25) is 0 Å². The number of aryl methyl sites for hydroxylation is 1. The minimum atomic E-state index is 0.630. The highest BCUT2D eigenvalue weighted by atomic mass is 35.5. The van der Waals surface area contributed by atoms with Crippen molar-refractivity contribution in [2.75, 3.05) is 6.54 Å². The molecule has 2 rings (SSSR count). The van der Waals surface area contributed by atoms with Crippen molar-refractivity contribution in [3.63, 3.8) is 0 Å². The lowest BCUT2D eigenvalue weighted by molar-refractivity contribution is 0.626. The second-order valence-electron chi connectivity index (χ2n) is 5.30. The highest BCUT2D eigenvalue weighted by Gasteiger charge is 2.08. The second-order valence-corrected chi connectivity index (χ2v) is 5.74. The maximum Gasteiger partial charge on any atom is 0.0621 e. The summed E-state index contributed by atoms with van der Waals surface area (Å²) in [5, 5.41) is 14.1. The smallest absolute Gasteiger partial charge is 0.0621 e. The molecule has 3 nitrogen and oxygen atoms in total. The Hall–Kier alpha value is -1.50. The first-order valence-electron chi connectivity index (χ1n) is 7.61. The topological polar surface area (TPSA) is 40.8 Å². The molecule has 0 radical (unpaired) electrons. The summed E-state index contributed by atoms with van der Waals surface area (Å²) in [6, 6.07) is 8.29. The molecule has 0 saturated carbocycles. The molecule has 0 bridgehead atoms. The van der Waals surface area contributed by atoms with Crippen LogP contribution in [-0.2, 0) is 13.1 Å². The Bertz CT molecular complexity index is 625. The van der Waals surface area contributed by atoms with E-state index in [1.54, 1.807) is 0 Å². The number of hydrogen-bond acceptors (Lipinski definition) is 2. The summed E-state index contributed by atoms with van der Waals surface area (Å²) in [5.41, 5.74) is 2.50. The molecule has 0 aliphatic heterocycles. The van der Waals surface area contributed by atoms with E-state index in [1.165, 1.54) is 16.5 Å². The number of fused-ring (bicyclic) bond motifs is 1. The van der Waals surface area contributed by atoms with Crippen molar-refractivity contribution in [2.45, 2.75) is 45.7 Å². The number of hydrogen-bond donors (Lipinski definition) is 1. The third kappa shape index (κ3) is 4.23. The molecule has 2 aromatic rings. The van der Waals surface area contributed by atoms with Crippen LogP contribution in [0.1, 0.15) is 38.2 Å². The van der Waals surface area contributed by atoms with Crippen molar-refractivity contribution in [2.24, 2.45) is 0 Å². The van der Waals surface area contributed by atoms with Crippen LogP contribution in [0.2, 0.25) is 5.02 Å². The molecule has 0 aliphatic rings. The van der Waals surface area contributed by atoms with Gasteiger partial charge in [-0.25, -0.2) is 0 Å². The van der Waals surface area contributed by atoms with Crippen LogP contribution in [0.4, 0.5) is 0 Å². The van der Waals surface area contributed by atoms with Gasteiger partial charge in [0.15, 0.2) is 0 Å². The van der Waals surface area contributed by atoms with E-state index in [0.717, 1.165) is 43.9 Å². The fourth-order valence-corrected chi connectivity index (χ4v) is 2.72. The summed E-state index contributed by atoms with van der Waals surface area (Å²) < 4.78 is 2.27. The minimum Gasteiger partial charge on any atom is -0.347 e. The number of nitrogens with one attached hydrogen (secondary N) is 1. The van der Waals surface area contributed by atoms with E-state index in [-0.39, 0.29) is 0 Å². The maximum atomic E-state index is 8.61. The van der Waals surface area contributed by atoms with Crippen molar-refractivity contribution in [1.82, 2.24) is 9.88 Å². The fourth-order valence-electron chi connectivity index (χ4n) is 2.55. The van der Waals surface area contributed by atoms with Crippen LogP contribution in [-0.4, -0.2) is 11.1 Å². The van der Waals surface area contributed by atoms with Gasteiger partial charge in [0, 0.05) is 41.6 Å². The van der Waals surface area contributed by atoms with Crippen LogP contribution < -0.4 is 5.32 Å². The summed E-state index contributed by atoms with van der Waals surface area (Å²) >= 11 is 6.14. The minimum absolute atomic E-state index is 0.630. The molecule has 1 heterocycles. The van der Waals surface area contributed by atoms with E-state index < -0.39 is 0 Å². The average Bonchev–Trinajstić information content (AvgIpc) is 2.81. The third-order valence-corrected chi connectivity index (χ3v) is 3.84. The normalized spacial score (nSPS) is 10.9. The number of nitrogens with zero attached hydrogens (tertiary/aromatic N) is 2. The lowest BCUT2D eigenvalue weighted by Gasteiger charge is -2.04. The van der Waals surface area contributed by atoms with Crippen molar-refractivity contribution in [3.05, 3.63) is 35.0 Å². The molecule has 112 valence electrons. The maximum absolute atomic E-state index is 8.61. The molecule has 0 spiro atoms. The van der Waals surface area contributed by atoms with Crippen LogP contribution in [0.3, 0.4) is 0 Å². The summed E-state index contributed by atoms with van der Waals surface area (Å²) in [6.07, 6.45) is 5.95. The summed E-state index contributed by atoms with van der Waals surface area (Å²) in [7, 11) is 0. The Kier molecular flexibility index (Phi) is 6.10. The molecule has 1 aromatic carbocycles. The third-order valence-electron chi connectivity index (χ3n) is 3.61. The standard InChI is InChI=1S/C17H22ClN3/c1-2-9-20-12-14-13-21(10-5-3-4-8-19)17-11-15(18)6-7-16(14)17/h6-7,11,13,20H,2-5,9-10,12H2,1H3. The number of rotatable bonds is 8. The predicted octanol–water partition coefficient (Wildman–Crippen LogP) is 4.49. The Morgan fingerprint density at radius 1 is 1.33 bits per heavy atom. The molecule has 1 aromatic heterocycles. The zero-order chi connectivity index (χ0) is 15.1. The molecular weight excluding hydrogens is 282 g/mol. The van der Waals surface area contributed by atoms with Crippen LogP contribution in [0.15, 0.2) is 24.4 Å². The van der Waals surface area contributed by atoms with Crippen molar-refractivity contribution >= 4 is 22.5 Å². The fraction of sp³-hybridized carbons (Fsp3) is 0.471. The van der Waals surface area contributed by atoms with E-state index in [9.17, 15) is 0 Å². The summed E-state index contributed by atoms with van der Waals surface area (Å²) in [5.74, 6) is 0. The largest absolute Gasteiger partial charge is 0.347 e. The first-order valence-corrected chi connectivity index (χ1v) is 7.99. The van der Waals surface area contributed by atoms with Gasteiger partial charge in [-0.2, -0.15) is 5.26 Å². The highest BCUT2D eigenvalue weighted by Crippen LogP contribution is 2.25. The lowest BCUT2D eigenvalue weighted by Crippen LogP contribution is -2.13. The zero-order valence-corrected chi connectivity index (χ0v) is 13.3. The van der Waals surface area contributed by atoms with E-state index in [0.29, 0.717) is 6.42 Å². The summed E-state index contributed by atoms with van der Waals surface area (Å²) in [4.78, 5) is 0. The molecule has 21 heavy (non-hydrogen) atoms. The van der Waals surface area contributed by atoms with Crippen LogP contribution in [0, 0.1) is 11.3 Å². The van der Waals surface area contributed by atoms with E-state index in [4.69, 9.17) is 16.9 Å². The highest BCUT2D eigenvalue weighted by molar-refractivity contribution is 6.31. The Morgan fingerprint density at radius 2 is 2.19 bits per heavy atom. The van der Waals surface area contributed by atoms with Gasteiger partial charge in [0.05, 0.1) is 6.07 Å². The Labute approximate surface area is 131 Å². The van der Waals surface area contributed by atoms with Crippen molar-refractivity contribution in [1.29, 1.82) is 5.26 Å². The van der Waals surface area contributed by atoms with Gasteiger partial charge in [-0.1, -0.05) is 24.6 Å². The van der Waals surface area contributed by atoms with Gasteiger partial charge in [-0.05, 0) is 43.5 Å². The monoisotopic (exact) mass is 303 g/mol. The van der Waals surface area contributed by atoms with Gasteiger partial charge < -0.3 is 9.88 Å². The summed E-state index contributed by atoms with van der Waals surface area (Å²) in [6.45, 7) is 5.02. The van der Waals surface area contributed by atoms with Crippen molar-refractivity contribution in [3.8, 4) is 6.07 Å². The van der Waals surface area contributed by atoms with Crippen LogP contribution in [0.25, 0.3) is 10.9 Å². The van der Waals surface area contributed by atoms with Gasteiger partial charge >= 0.3 is 0 Å². The Morgan fingerprint density at radius 3 is 2.95 bits per heavy atom. The van der Waals surface area contributed by atoms with Crippen molar-refractivity contribution < 1.29 is 0 Å². The SMILES string of the molecule is CCCNCc1cn(CCCCC#N)c2cc(Cl)ccc12. The number of aromatic nitrogens is 1. The average molecular weight is 304 g/mol. The number of unbranched alkanes of at least 4 members (excludes halogenated alkanes) is 2. The molecule has 0 saturated heterocycles. The van der Waals surface area contributed by atoms with E-state index in [2.05, 4.69) is 35.1 Å². The quantitative estimate of drug-likeness (QED) is 0.730. The number of benzene rings is 1. The lowest BCUT2D eigenvalue weighted by atomic mass is 10.2. The molecule has 4 heteroatoms. The number of nitriles is 1. The zero-order valence-electron chi connectivity index (χ0n) is 12.5. The molecular formula is C17H22ClN3. The molecule has 0 fully saturated rings. The Balaban J connectivity index is 2.18. The predicted molar refractivity (Wildman–Crippen MR) is 88.4 cm³/mol. The molecule has 0 unspecified atom stereocenters. The van der Waals surface area contributed by atoms with Gasteiger partial charge in [0.25, 0.3) is 0 Å². The van der Waals surface area contributed by atoms with Gasteiger partial charge in [0.1, 0.15) is 0 Å².